The Morgan fingerprint density at radius 2 is 1.71 bits per heavy atom. The largest absolute Gasteiger partial charge is 0.355 e. The van der Waals surface area contributed by atoms with Gasteiger partial charge in [0.15, 0.2) is 0 Å². The summed E-state index contributed by atoms with van der Waals surface area (Å²) >= 11 is 6.49. The van der Waals surface area contributed by atoms with Crippen LogP contribution in [-0.4, -0.2) is 42.3 Å². The molecule has 0 radical (unpaired) electrons. The Balaban J connectivity index is 1.73. The number of rotatable bonds is 8. The summed E-state index contributed by atoms with van der Waals surface area (Å²) in [5.41, 5.74) is 3.93. The van der Waals surface area contributed by atoms with Gasteiger partial charge in [0.25, 0.3) is 5.91 Å². The van der Waals surface area contributed by atoms with E-state index in [0.29, 0.717) is 30.3 Å². The van der Waals surface area contributed by atoms with Crippen LogP contribution in [0.5, 0.6) is 0 Å². The van der Waals surface area contributed by atoms with Crippen LogP contribution in [0.25, 0.3) is 0 Å². The fraction of sp³-hybridized carbons (Fsp3) is 0.364. The summed E-state index contributed by atoms with van der Waals surface area (Å²) in [4.78, 5) is 42.5. The Labute approximate surface area is 247 Å². The minimum atomic E-state index is -1.02. The highest BCUT2D eigenvalue weighted by Crippen LogP contribution is 2.41. The molecule has 4 rings (SSSR count). The van der Waals surface area contributed by atoms with Crippen LogP contribution >= 0.6 is 11.6 Å². The summed E-state index contributed by atoms with van der Waals surface area (Å²) in [6, 6.07) is 22.9. The van der Waals surface area contributed by atoms with Crippen LogP contribution in [0.2, 0.25) is 5.02 Å². The van der Waals surface area contributed by atoms with E-state index in [0.717, 1.165) is 22.3 Å². The molecule has 0 aliphatic carbocycles. The van der Waals surface area contributed by atoms with Gasteiger partial charge in [-0.2, -0.15) is 0 Å². The highest BCUT2D eigenvalue weighted by molar-refractivity contribution is 6.30. The van der Waals surface area contributed by atoms with Gasteiger partial charge in [-0.25, -0.2) is 0 Å². The molecule has 1 N–H and O–H groups in total. The third-order valence-corrected chi connectivity index (χ3v) is 7.12. The van der Waals surface area contributed by atoms with Crippen molar-refractivity contribution in [2.24, 2.45) is 5.41 Å². The molecular formula is C33H38ClN3O4. The number of ether oxygens (including phenoxy) is 1. The van der Waals surface area contributed by atoms with Crippen molar-refractivity contribution in [2.45, 2.75) is 59.4 Å². The van der Waals surface area contributed by atoms with Gasteiger partial charge < -0.3 is 19.9 Å². The van der Waals surface area contributed by atoms with E-state index in [-0.39, 0.29) is 29.6 Å². The number of carbonyl (C=O) groups excluding carboxylic acids is 3. The molecular weight excluding hydrogens is 538 g/mol. The number of fused-ring (bicyclic) bond motifs is 1. The molecule has 2 unspecified atom stereocenters. The monoisotopic (exact) mass is 575 g/mol. The molecule has 0 bridgehead atoms. The van der Waals surface area contributed by atoms with Gasteiger partial charge >= 0.3 is 0 Å². The molecule has 0 saturated heterocycles. The van der Waals surface area contributed by atoms with Crippen LogP contribution in [-0.2, 0) is 32.2 Å². The van der Waals surface area contributed by atoms with Gasteiger partial charge in [0.2, 0.25) is 11.8 Å². The zero-order chi connectivity index (χ0) is 29.7. The van der Waals surface area contributed by atoms with Crippen molar-refractivity contribution >= 4 is 35.0 Å². The lowest BCUT2D eigenvalue weighted by Crippen LogP contribution is -2.45. The normalized spacial score (nSPS) is 17.0. The summed E-state index contributed by atoms with van der Waals surface area (Å²) in [6.45, 7) is 8.90. The Morgan fingerprint density at radius 1 is 1.00 bits per heavy atom. The van der Waals surface area contributed by atoms with Crippen molar-refractivity contribution in [3.05, 3.63) is 100 Å². The Kier molecular flexibility index (Phi) is 9.51. The van der Waals surface area contributed by atoms with Gasteiger partial charge in [-0.3, -0.25) is 14.4 Å². The number of halogens is 1. The van der Waals surface area contributed by atoms with E-state index < -0.39 is 12.2 Å². The summed E-state index contributed by atoms with van der Waals surface area (Å²) in [7, 11) is 1.74. The van der Waals surface area contributed by atoms with Crippen LogP contribution < -0.4 is 10.2 Å². The van der Waals surface area contributed by atoms with Crippen molar-refractivity contribution in [3.8, 4) is 0 Å². The average molecular weight is 576 g/mol. The molecule has 0 saturated carbocycles. The third kappa shape index (κ3) is 7.96. The van der Waals surface area contributed by atoms with Crippen molar-refractivity contribution in [1.29, 1.82) is 0 Å². The minimum absolute atomic E-state index is 0.105. The number of hydrogen-bond donors (Lipinski definition) is 1. The summed E-state index contributed by atoms with van der Waals surface area (Å²) < 4.78 is 6.60. The molecule has 41 heavy (non-hydrogen) atoms. The molecule has 3 aromatic rings. The fourth-order valence-electron chi connectivity index (χ4n) is 4.95. The van der Waals surface area contributed by atoms with Gasteiger partial charge in [0.05, 0.1) is 6.42 Å². The van der Waals surface area contributed by atoms with Gasteiger partial charge in [-0.1, -0.05) is 87.0 Å². The summed E-state index contributed by atoms with van der Waals surface area (Å²) in [6.07, 6.45) is -1.78. The smallest absolute Gasteiger partial charge is 0.256 e. The van der Waals surface area contributed by atoms with Crippen molar-refractivity contribution in [2.75, 3.05) is 18.5 Å². The van der Waals surface area contributed by atoms with Crippen LogP contribution in [0.1, 0.15) is 62.5 Å². The number of benzene rings is 3. The van der Waals surface area contributed by atoms with Crippen molar-refractivity contribution in [1.82, 2.24) is 10.2 Å². The zero-order valence-corrected chi connectivity index (χ0v) is 25.1. The van der Waals surface area contributed by atoms with Crippen molar-refractivity contribution in [3.63, 3.8) is 0 Å². The zero-order valence-electron chi connectivity index (χ0n) is 24.3. The molecule has 8 heteroatoms. The first kappa shape index (κ1) is 30.3. The minimum Gasteiger partial charge on any atom is -0.355 e. The molecule has 7 nitrogen and oxygen atoms in total. The predicted octanol–water partition coefficient (Wildman–Crippen LogP) is 5.89. The maximum Gasteiger partial charge on any atom is 0.256 e. The maximum atomic E-state index is 14.2. The average Bonchev–Trinajstić information content (AvgIpc) is 3.02. The van der Waals surface area contributed by atoms with Gasteiger partial charge in [-0.15, -0.1) is 0 Å². The number of nitrogens with zero attached hydrogens (tertiary/aromatic N) is 2. The lowest BCUT2D eigenvalue weighted by Gasteiger charge is -2.31. The van der Waals surface area contributed by atoms with E-state index >= 15 is 0 Å². The number of anilines is 1. The lowest BCUT2D eigenvalue weighted by atomic mass is 9.94. The summed E-state index contributed by atoms with van der Waals surface area (Å²) in [5, 5.41) is 3.35. The first-order chi connectivity index (χ1) is 19.4. The van der Waals surface area contributed by atoms with Crippen LogP contribution in [0.4, 0.5) is 5.69 Å². The first-order valence-electron chi connectivity index (χ1n) is 13.8. The number of hydrogen-bond acceptors (Lipinski definition) is 4. The van der Waals surface area contributed by atoms with E-state index in [9.17, 15) is 14.4 Å². The maximum absolute atomic E-state index is 14.2. The van der Waals surface area contributed by atoms with E-state index in [1.165, 1.54) is 6.92 Å². The lowest BCUT2D eigenvalue weighted by molar-refractivity contribution is -0.142. The summed E-state index contributed by atoms with van der Waals surface area (Å²) in [5.74, 6) is -0.577. The fourth-order valence-corrected chi connectivity index (χ4v) is 5.13. The topological polar surface area (TPSA) is 79.0 Å². The quantitative estimate of drug-likeness (QED) is 0.363. The molecule has 0 fully saturated rings. The molecule has 1 aliphatic heterocycles. The molecule has 1 heterocycles. The number of nitrogens with one attached hydrogen (secondary N) is 1. The van der Waals surface area contributed by atoms with Crippen molar-refractivity contribution < 1.29 is 19.1 Å². The molecule has 216 valence electrons. The second kappa shape index (κ2) is 12.9. The Morgan fingerprint density at radius 3 is 2.39 bits per heavy atom. The molecule has 3 aromatic carbocycles. The van der Waals surface area contributed by atoms with Gasteiger partial charge in [0, 0.05) is 49.9 Å². The van der Waals surface area contributed by atoms with E-state index in [2.05, 4.69) is 26.1 Å². The number of amides is 3. The van der Waals surface area contributed by atoms with E-state index in [1.807, 2.05) is 66.7 Å². The Bertz CT molecular complexity index is 1400. The van der Waals surface area contributed by atoms with Crippen LogP contribution in [0.15, 0.2) is 72.8 Å². The molecule has 3 amide bonds. The highest BCUT2D eigenvalue weighted by atomic mass is 35.5. The molecule has 2 atom stereocenters. The van der Waals surface area contributed by atoms with Crippen LogP contribution in [0.3, 0.4) is 0 Å². The standard InChI is InChI=1S/C33H38ClN3O4/c1-22(38)35-19-24-12-9-13-25(16-24)31-27-17-26(34)14-15-28(27)37(21-33(2,3)4)32(40)29(41-31)18-30(39)36(5)20-23-10-7-6-8-11-23/h6-17,29,31H,18-21H2,1-5H3,(H,35,38). The molecule has 0 spiro atoms. The molecule has 1 aliphatic rings. The van der Waals surface area contributed by atoms with E-state index in [4.69, 9.17) is 16.3 Å². The first-order valence-corrected chi connectivity index (χ1v) is 14.2. The number of carbonyl (C=O) groups is 3. The molecule has 0 aromatic heterocycles. The second-order valence-electron chi connectivity index (χ2n) is 11.8. The van der Waals surface area contributed by atoms with Gasteiger partial charge in [-0.05, 0) is 40.3 Å². The van der Waals surface area contributed by atoms with Crippen LogP contribution in [0, 0.1) is 5.41 Å². The SMILES string of the molecule is CC(=O)NCc1cccc(C2OC(CC(=O)N(C)Cc3ccccc3)C(=O)N(CC(C)(C)C)c3ccc(Cl)cc32)c1. The second-order valence-corrected chi connectivity index (χ2v) is 12.2. The Hall–Kier alpha value is -3.68. The predicted molar refractivity (Wildman–Crippen MR) is 161 cm³/mol. The third-order valence-electron chi connectivity index (χ3n) is 6.88. The van der Waals surface area contributed by atoms with Gasteiger partial charge in [0.1, 0.15) is 12.2 Å². The highest BCUT2D eigenvalue weighted by Gasteiger charge is 2.39. The van der Waals surface area contributed by atoms with E-state index in [1.54, 1.807) is 22.9 Å².